The maximum Gasteiger partial charge on any atom is 0.242 e. The van der Waals surface area contributed by atoms with Crippen molar-refractivity contribution in [2.24, 2.45) is 5.92 Å². The van der Waals surface area contributed by atoms with E-state index in [9.17, 15) is 5.11 Å². The summed E-state index contributed by atoms with van der Waals surface area (Å²) in [4.78, 5) is 4.28. The molecule has 172 valence electrons. The van der Waals surface area contributed by atoms with Gasteiger partial charge < -0.3 is 15.6 Å². The minimum absolute atomic E-state index is 0.0530. The maximum absolute atomic E-state index is 11.3. The average molecular weight is 443 g/mol. The Morgan fingerprint density at radius 1 is 1.09 bits per heavy atom. The van der Waals surface area contributed by atoms with Crippen LogP contribution in [0.5, 0.6) is 11.6 Å². The van der Waals surface area contributed by atoms with Crippen LogP contribution in [0.15, 0.2) is 66.9 Å². The number of aryl methyl sites for hydroxylation is 1. The summed E-state index contributed by atoms with van der Waals surface area (Å²) in [6.45, 7) is 2.18. The second kappa shape index (κ2) is 8.83. The van der Waals surface area contributed by atoms with Crippen molar-refractivity contribution < 1.29 is 9.84 Å². The molecule has 0 radical (unpaired) electrons. The number of aromatic nitrogens is 1. The summed E-state index contributed by atoms with van der Waals surface area (Å²) < 4.78 is 6.05. The molecule has 4 heteroatoms. The van der Waals surface area contributed by atoms with Gasteiger partial charge >= 0.3 is 0 Å². The van der Waals surface area contributed by atoms with Gasteiger partial charge in [0.2, 0.25) is 5.88 Å². The van der Waals surface area contributed by atoms with Crippen molar-refractivity contribution in [1.82, 2.24) is 4.98 Å². The molecule has 3 N–H and O–H groups in total. The van der Waals surface area contributed by atoms with Gasteiger partial charge in [-0.25, -0.2) is 4.98 Å². The molecule has 3 aromatic rings. The zero-order valence-corrected chi connectivity index (χ0v) is 19.5. The third-order valence-electron chi connectivity index (χ3n) is 7.91. The summed E-state index contributed by atoms with van der Waals surface area (Å²) >= 11 is 0. The van der Waals surface area contributed by atoms with E-state index >= 15 is 0 Å². The SMILES string of the molecule is CCC[C@@]1(O)CC[C@@]2(Cc3ccccc3)c3ccc(Oc4ncccc4N)cc3CC[C@@H]2C1. The first-order valence-electron chi connectivity index (χ1n) is 12.3. The largest absolute Gasteiger partial charge is 0.437 e. The van der Waals surface area contributed by atoms with E-state index in [2.05, 4.69) is 60.4 Å². The van der Waals surface area contributed by atoms with E-state index in [4.69, 9.17) is 10.5 Å². The molecule has 1 saturated carbocycles. The number of nitrogens with two attached hydrogens (primary N) is 1. The maximum atomic E-state index is 11.3. The standard InChI is InChI=1S/C29H34N2O2/c1-2-14-28(32)15-16-29(19-21-7-4-3-5-8-21)23(20-28)11-10-22-18-24(12-13-25(22)29)33-27-26(30)9-6-17-31-27/h3-9,12-13,17-18,23,32H,2,10-11,14-16,19-20,30H2,1H3/t23-,28-,29+/m1/s1. The summed E-state index contributed by atoms with van der Waals surface area (Å²) in [7, 11) is 0. The predicted molar refractivity (Wildman–Crippen MR) is 133 cm³/mol. The van der Waals surface area contributed by atoms with Crippen LogP contribution in [0.25, 0.3) is 0 Å². The first kappa shape index (κ1) is 22.0. The van der Waals surface area contributed by atoms with Crippen LogP contribution in [0.2, 0.25) is 0 Å². The molecular formula is C29H34N2O2. The summed E-state index contributed by atoms with van der Waals surface area (Å²) in [5.74, 6) is 1.71. The first-order valence-corrected chi connectivity index (χ1v) is 12.3. The van der Waals surface area contributed by atoms with E-state index in [0.29, 0.717) is 17.5 Å². The Bertz CT molecular complexity index is 1120. The van der Waals surface area contributed by atoms with Crippen molar-refractivity contribution in [1.29, 1.82) is 0 Å². The zero-order valence-electron chi connectivity index (χ0n) is 19.5. The van der Waals surface area contributed by atoms with Gasteiger partial charge in [-0.2, -0.15) is 0 Å². The molecule has 1 aromatic heterocycles. The van der Waals surface area contributed by atoms with Crippen LogP contribution < -0.4 is 10.5 Å². The quantitative estimate of drug-likeness (QED) is 0.476. The lowest BCUT2D eigenvalue weighted by atomic mass is 9.52. The fraction of sp³-hybridized carbons (Fsp3) is 0.414. The third kappa shape index (κ3) is 4.24. The van der Waals surface area contributed by atoms with E-state index in [-0.39, 0.29) is 5.41 Å². The molecule has 0 bridgehead atoms. The van der Waals surface area contributed by atoms with Crippen LogP contribution in [0.3, 0.4) is 0 Å². The third-order valence-corrected chi connectivity index (χ3v) is 7.91. The smallest absolute Gasteiger partial charge is 0.242 e. The predicted octanol–water partition coefficient (Wildman–Crippen LogP) is 6.21. The van der Waals surface area contributed by atoms with Gasteiger partial charge in [0, 0.05) is 11.6 Å². The van der Waals surface area contributed by atoms with Gasteiger partial charge in [-0.3, -0.25) is 0 Å². The molecule has 0 saturated heterocycles. The Hall–Kier alpha value is -2.85. The highest BCUT2D eigenvalue weighted by atomic mass is 16.5. The fourth-order valence-electron chi connectivity index (χ4n) is 6.39. The highest BCUT2D eigenvalue weighted by Crippen LogP contribution is 2.55. The van der Waals surface area contributed by atoms with Crippen LogP contribution in [0.1, 0.15) is 62.1 Å². The fourth-order valence-corrected chi connectivity index (χ4v) is 6.39. The molecule has 0 spiro atoms. The molecule has 1 fully saturated rings. The molecule has 0 unspecified atom stereocenters. The van der Waals surface area contributed by atoms with E-state index in [1.807, 2.05) is 6.07 Å². The lowest BCUT2D eigenvalue weighted by Gasteiger charge is -2.53. The summed E-state index contributed by atoms with van der Waals surface area (Å²) in [6, 6.07) is 21.0. The molecule has 2 aromatic carbocycles. The molecule has 4 nitrogen and oxygen atoms in total. The minimum atomic E-state index is -0.517. The summed E-state index contributed by atoms with van der Waals surface area (Å²) in [5, 5.41) is 11.3. The highest BCUT2D eigenvalue weighted by Gasteiger charge is 2.51. The number of hydrogen-bond acceptors (Lipinski definition) is 4. The number of aliphatic hydroxyl groups is 1. The minimum Gasteiger partial charge on any atom is -0.437 e. The van der Waals surface area contributed by atoms with Gasteiger partial charge in [0.25, 0.3) is 0 Å². The van der Waals surface area contributed by atoms with Crippen LogP contribution in [0, 0.1) is 5.92 Å². The Kier molecular flexibility index (Phi) is 5.88. The van der Waals surface area contributed by atoms with Crippen molar-refractivity contribution in [3.8, 4) is 11.6 Å². The van der Waals surface area contributed by atoms with Gasteiger partial charge in [0.15, 0.2) is 0 Å². The number of benzene rings is 2. The van der Waals surface area contributed by atoms with E-state index in [1.54, 1.807) is 12.3 Å². The number of nitrogens with zero attached hydrogens (tertiary/aromatic N) is 1. The number of rotatable bonds is 6. The van der Waals surface area contributed by atoms with Gasteiger partial charge in [-0.05, 0) is 91.8 Å². The molecule has 3 atom stereocenters. The first-order chi connectivity index (χ1) is 16.0. The molecule has 33 heavy (non-hydrogen) atoms. The topological polar surface area (TPSA) is 68.4 Å². The van der Waals surface area contributed by atoms with Gasteiger partial charge in [-0.15, -0.1) is 0 Å². The Morgan fingerprint density at radius 3 is 2.73 bits per heavy atom. The van der Waals surface area contributed by atoms with Crippen LogP contribution in [-0.2, 0) is 18.3 Å². The van der Waals surface area contributed by atoms with E-state index in [0.717, 1.165) is 57.1 Å². The second-order valence-electron chi connectivity index (χ2n) is 10.1. The summed E-state index contributed by atoms with van der Waals surface area (Å²) in [5.41, 5.74) is 10.3. The normalized spacial score (nSPS) is 26.3. The van der Waals surface area contributed by atoms with Crippen LogP contribution in [0.4, 0.5) is 5.69 Å². The van der Waals surface area contributed by atoms with Crippen LogP contribution in [-0.4, -0.2) is 15.7 Å². The number of anilines is 1. The second-order valence-corrected chi connectivity index (χ2v) is 10.1. The van der Waals surface area contributed by atoms with Crippen molar-refractivity contribution in [3.63, 3.8) is 0 Å². The van der Waals surface area contributed by atoms with Gasteiger partial charge in [-0.1, -0.05) is 49.7 Å². The Labute approximate surface area is 196 Å². The number of hydrogen-bond donors (Lipinski definition) is 2. The molecule has 0 amide bonds. The zero-order chi connectivity index (χ0) is 22.9. The van der Waals surface area contributed by atoms with Crippen molar-refractivity contribution >= 4 is 5.69 Å². The van der Waals surface area contributed by atoms with Crippen LogP contribution >= 0.6 is 0 Å². The highest BCUT2D eigenvalue weighted by molar-refractivity contribution is 5.51. The molecule has 0 aliphatic heterocycles. The molecular weight excluding hydrogens is 408 g/mol. The number of pyridine rings is 1. The van der Waals surface area contributed by atoms with Gasteiger partial charge in [0.1, 0.15) is 5.75 Å². The lowest BCUT2D eigenvalue weighted by Crippen LogP contribution is -2.51. The summed E-state index contributed by atoms with van der Waals surface area (Å²) in [6.07, 6.45) is 9.53. The number of ether oxygens (including phenoxy) is 1. The van der Waals surface area contributed by atoms with Gasteiger partial charge in [0.05, 0.1) is 11.3 Å². The Balaban J connectivity index is 1.51. The molecule has 2 aliphatic carbocycles. The average Bonchev–Trinajstić information content (AvgIpc) is 2.82. The van der Waals surface area contributed by atoms with Crippen molar-refractivity contribution in [2.75, 3.05) is 5.73 Å². The number of fused-ring (bicyclic) bond motifs is 3. The molecule has 1 heterocycles. The van der Waals surface area contributed by atoms with Crippen molar-refractivity contribution in [2.45, 2.75) is 69.3 Å². The van der Waals surface area contributed by atoms with E-state index < -0.39 is 5.60 Å². The molecule has 2 aliphatic rings. The van der Waals surface area contributed by atoms with E-state index in [1.165, 1.54) is 16.7 Å². The monoisotopic (exact) mass is 442 g/mol. The lowest BCUT2D eigenvalue weighted by molar-refractivity contribution is -0.0565. The molecule has 5 rings (SSSR count). The number of nitrogen functional groups attached to an aromatic ring is 1. The van der Waals surface area contributed by atoms with Crippen molar-refractivity contribution in [3.05, 3.63) is 83.6 Å². The Morgan fingerprint density at radius 2 is 1.94 bits per heavy atom.